The maximum absolute atomic E-state index is 12.5. The normalized spacial score (nSPS) is 15.6. The summed E-state index contributed by atoms with van der Waals surface area (Å²) in [4.78, 5) is 0. The summed E-state index contributed by atoms with van der Waals surface area (Å²) in [5.41, 5.74) is 0. The van der Waals surface area contributed by atoms with E-state index in [0.717, 1.165) is 0 Å². The van der Waals surface area contributed by atoms with E-state index in [1.807, 2.05) is 0 Å². The molecule has 0 aromatic heterocycles. The Kier molecular flexibility index (Phi) is 5.89. The average molecular weight is 277 g/mol. The van der Waals surface area contributed by atoms with Gasteiger partial charge >= 0.3 is 16.5 Å². The zero-order chi connectivity index (χ0) is 13.9. The van der Waals surface area contributed by atoms with Crippen LogP contribution < -0.4 is 4.72 Å². The molecule has 0 saturated carbocycles. The molecule has 0 aliphatic heterocycles. The summed E-state index contributed by atoms with van der Waals surface area (Å²) in [6.07, 6.45) is -4.64. The maximum Gasteiger partial charge on any atom is 0.405 e. The Labute approximate surface area is 99.8 Å². The molecule has 17 heavy (non-hydrogen) atoms. The minimum Gasteiger partial charge on any atom is -0.258 e. The van der Waals surface area contributed by atoms with Crippen molar-refractivity contribution in [1.82, 2.24) is 4.72 Å². The minimum absolute atomic E-state index is 0.0880. The van der Waals surface area contributed by atoms with Crippen molar-refractivity contribution in [3.05, 3.63) is 0 Å². The molecule has 0 fully saturated rings. The van der Waals surface area contributed by atoms with Crippen molar-refractivity contribution in [2.75, 3.05) is 6.61 Å². The molecule has 0 aromatic rings. The van der Waals surface area contributed by atoms with Crippen LogP contribution >= 0.6 is 0 Å². The Balaban J connectivity index is 4.66. The summed E-state index contributed by atoms with van der Waals surface area (Å²) < 4.78 is 66.0. The first kappa shape index (κ1) is 16.7. The van der Waals surface area contributed by atoms with E-state index in [1.54, 1.807) is 13.8 Å². The highest BCUT2D eigenvalue weighted by atomic mass is 32.2. The van der Waals surface area contributed by atoms with Crippen LogP contribution in [0.2, 0.25) is 0 Å². The van der Waals surface area contributed by atoms with Crippen LogP contribution in [0.25, 0.3) is 0 Å². The van der Waals surface area contributed by atoms with Crippen molar-refractivity contribution >= 4 is 10.3 Å². The predicted octanol–water partition coefficient (Wildman–Crippen LogP) is 2.08. The van der Waals surface area contributed by atoms with E-state index >= 15 is 0 Å². The largest absolute Gasteiger partial charge is 0.405 e. The Bertz CT molecular complexity index is 325. The second kappa shape index (κ2) is 6.01. The summed E-state index contributed by atoms with van der Waals surface area (Å²) in [6.45, 7) is 5.79. The molecular formula is C9H18F3NO3S. The van der Waals surface area contributed by atoms with Crippen molar-refractivity contribution in [3.63, 3.8) is 0 Å². The van der Waals surface area contributed by atoms with Crippen LogP contribution in [0.4, 0.5) is 13.2 Å². The number of halogens is 3. The average Bonchev–Trinajstić information content (AvgIpc) is 2.09. The van der Waals surface area contributed by atoms with E-state index < -0.39 is 28.4 Å². The van der Waals surface area contributed by atoms with Gasteiger partial charge in [0.1, 0.15) is 6.04 Å². The van der Waals surface area contributed by atoms with Crippen LogP contribution in [0, 0.1) is 11.8 Å². The van der Waals surface area contributed by atoms with Gasteiger partial charge in [0.15, 0.2) is 0 Å². The molecule has 1 atom stereocenters. The zero-order valence-electron chi connectivity index (χ0n) is 10.2. The molecular weight excluding hydrogens is 259 g/mol. The van der Waals surface area contributed by atoms with Crippen molar-refractivity contribution in [1.29, 1.82) is 0 Å². The van der Waals surface area contributed by atoms with Crippen LogP contribution in [0.3, 0.4) is 0 Å². The Hall–Kier alpha value is -0.340. The molecule has 1 N–H and O–H groups in total. The van der Waals surface area contributed by atoms with Gasteiger partial charge in [-0.1, -0.05) is 27.7 Å². The lowest BCUT2D eigenvalue weighted by molar-refractivity contribution is -0.160. The van der Waals surface area contributed by atoms with Gasteiger partial charge in [-0.3, -0.25) is 4.18 Å². The topological polar surface area (TPSA) is 55.4 Å². The van der Waals surface area contributed by atoms with E-state index in [1.165, 1.54) is 18.6 Å². The molecule has 0 spiro atoms. The number of hydrogen-bond donors (Lipinski definition) is 1. The molecule has 104 valence electrons. The quantitative estimate of drug-likeness (QED) is 0.808. The van der Waals surface area contributed by atoms with Gasteiger partial charge in [0.25, 0.3) is 0 Å². The van der Waals surface area contributed by atoms with Gasteiger partial charge in [0, 0.05) is 0 Å². The first-order valence-electron chi connectivity index (χ1n) is 5.19. The van der Waals surface area contributed by atoms with Crippen molar-refractivity contribution in [2.45, 2.75) is 39.9 Å². The van der Waals surface area contributed by atoms with Gasteiger partial charge in [-0.25, -0.2) is 0 Å². The highest BCUT2D eigenvalue weighted by molar-refractivity contribution is 7.84. The van der Waals surface area contributed by atoms with E-state index in [-0.39, 0.29) is 12.5 Å². The van der Waals surface area contributed by atoms with Crippen LogP contribution in [0.15, 0.2) is 0 Å². The second-order valence-corrected chi connectivity index (χ2v) is 5.89. The zero-order valence-corrected chi connectivity index (χ0v) is 11.0. The summed E-state index contributed by atoms with van der Waals surface area (Å²) in [5.74, 6) is -0.998. The minimum atomic E-state index is -4.64. The van der Waals surface area contributed by atoms with E-state index in [0.29, 0.717) is 0 Å². The number of rotatable bonds is 6. The van der Waals surface area contributed by atoms with E-state index in [9.17, 15) is 21.6 Å². The molecule has 0 amide bonds. The molecule has 0 aromatic carbocycles. The van der Waals surface area contributed by atoms with Gasteiger partial charge in [-0.15, -0.1) is 0 Å². The molecule has 0 heterocycles. The predicted molar refractivity (Wildman–Crippen MR) is 57.5 cm³/mol. The smallest absolute Gasteiger partial charge is 0.258 e. The van der Waals surface area contributed by atoms with E-state index in [2.05, 4.69) is 4.18 Å². The fourth-order valence-electron chi connectivity index (χ4n) is 0.996. The summed E-state index contributed by atoms with van der Waals surface area (Å²) in [7, 11) is -4.37. The van der Waals surface area contributed by atoms with Crippen LogP contribution in [0.1, 0.15) is 27.7 Å². The monoisotopic (exact) mass is 277 g/mol. The number of alkyl halides is 3. The molecule has 0 aliphatic rings. The van der Waals surface area contributed by atoms with Gasteiger partial charge in [-0.05, 0) is 11.8 Å². The van der Waals surface area contributed by atoms with Gasteiger partial charge in [0.2, 0.25) is 0 Å². The molecule has 0 aliphatic carbocycles. The lowest BCUT2D eigenvalue weighted by Gasteiger charge is -2.24. The molecule has 4 nitrogen and oxygen atoms in total. The molecule has 0 saturated heterocycles. The highest BCUT2D eigenvalue weighted by Gasteiger charge is 2.44. The molecule has 0 rings (SSSR count). The summed E-state index contributed by atoms with van der Waals surface area (Å²) in [6, 6.07) is -2.14. The third kappa shape index (κ3) is 6.85. The fraction of sp³-hybridized carbons (Fsp3) is 1.00. The summed E-state index contributed by atoms with van der Waals surface area (Å²) in [5, 5.41) is 0. The SMILES string of the molecule is CC(C)COS(=O)(=O)NC(C(C)C)C(F)(F)F. The third-order valence-corrected chi connectivity index (χ3v) is 2.84. The van der Waals surface area contributed by atoms with Crippen LogP contribution in [0.5, 0.6) is 0 Å². The Morgan fingerprint density at radius 1 is 1.18 bits per heavy atom. The lowest BCUT2D eigenvalue weighted by atomic mass is 10.1. The standard InChI is InChI=1S/C9H18F3NO3S/c1-6(2)5-16-17(14,15)13-8(7(3)4)9(10,11)12/h6-8,13H,5H2,1-4H3. The van der Waals surface area contributed by atoms with Gasteiger partial charge < -0.3 is 0 Å². The summed E-state index contributed by atoms with van der Waals surface area (Å²) >= 11 is 0. The third-order valence-electron chi connectivity index (χ3n) is 1.85. The number of hydrogen-bond acceptors (Lipinski definition) is 3. The first-order chi connectivity index (χ1) is 7.46. The second-order valence-electron chi connectivity index (χ2n) is 4.51. The van der Waals surface area contributed by atoms with Crippen LogP contribution in [-0.4, -0.2) is 27.2 Å². The van der Waals surface area contributed by atoms with Crippen molar-refractivity contribution < 1.29 is 25.8 Å². The van der Waals surface area contributed by atoms with E-state index in [4.69, 9.17) is 0 Å². The molecule has 0 bridgehead atoms. The maximum atomic E-state index is 12.5. The molecule has 8 heteroatoms. The van der Waals surface area contributed by atoms with Gasteiger partial charge in [0.05, 0.1) is 6.61 Å². The van der Waals surface area contributed by atoms with Crippen LogP contribution in [-0.2, 0) is 14.5 Å². The number of nitrogens with one attached hydrogen (secondary N) is 1. The Morgan fingerprint density at radius 3 is 1.94 bits per heavy atom. The highest BCUT2D eigenvalue weighted by Crippen LogP contribution is 2.26. The molecule has 1 unspecified atom stereocenters. The fourth-order valence-corrected chi connectivity index (χ4v) is 2.23. The van der Waals surface area contributed by atoms with Gasteiger partial charge in [-0.2, -0.15) is 26.3 Å². The first-order valence-corrected chi connectivity index (χ1v) is 6.60. The molecule has 0 radical (unpaired) electrons. The lowest BCUT2D eigenvalue weighted by Crippen LogP contribution is -2.49. The van der Waals surface area contributed by atoms with Crippen molar-refractivity contribution in [3.8, 4) is 0 Å². The van der Waals surface area contributed by atoms with Crippen molar-refractivity contribution in [2.24, 2.45) is 11.8 Å². The Morgan fingerprint density at radius 2 is 1.65 bits per heavy atom.